The number of hydrogen-bond acceptors (Lipinski definition) is 5. The number of nitrogens with two attached hydrogens (primary N) is 1. The molecule has 1 heterocycles. The van der Waals surface area contributed by atoms with Crippen LogP contribution in [-0.2, 0) is 16.6 Å². The lowest BCUT2D eigenvalue weighted by Gasteiger charge is -2.06. The number of hydrogen-bond donors (Lipinski definition) is 1. The molecule has 6 nitrogen and oxygen atoms in total. The predicted molar refractivity (Wildman–Crippen MR) is 71.8 cm³/mol. The van der Waals surface area contributed by atoms with Crippen molar-refractivity contribution in [2.45, 2.75) is 10.6 Å². The number of pyridine rings is 1. The monoisotopic (exact) mass is 295 g/mol. The molecule has 0 amide bonds. The van der Waals surface area contributed by atoms with Gasteiger partial charge in [-0.2, -0.15) is 0 Å². The second kappa shape index (κ2) is 5.74. The summed E-state index contributed by atoms with van der Waals surface area (Å²) in [6.45, 7) is 0. The van der Waals surface area contributed by atoms with Gasteiger partial charge in [-0.15, -0.1) is 0 Å². The molecule has 0 saturated heterocycles. The van der Waals surface area contributed by atoms with E-state index in [1.165, 1.54) is 18.5 Å². The van der Waals surface area contributed by atoms with Gasteiger partial charge in [0, 0.05) is 17.8 Å². The number of rotatable bonds is 4. The Balaban J connectivity index is 2.35. The Hall–Kier alpha value is -2.35. The van der Waals surface area contributed by atoms with Crippen LogP contribution in [0.1, 0.15) is 5.56 Å². The second-order valence-corrected chi connectivity index (χ2v) is 5.35. The van der Waals surface area contributed by atoms with Crippen LogP contribution in [0.2, 0.25) is 0 Å². The van der Waals surface area contributed by atoms with Crippen LogP contribution in [0.15, 0.2) is 41.6 Å². The molecule has 0 radical (unpaired) electrons. The van der Waals surface area contributed by atoms with Crippen LogP contribution in [-0.4, -0.2) is 14.1 Å². The molecule has 0 aliphatic carbocycles. The van der Waals surface area contributed by atoms with Crippen LogP contribution in [0.4, 0.5) is 15.8 Å². The van der Waals surface area contributed by atoms with Crippen molar-refractivity contribution in [3.8, 4) is 0 Å². The minimum absolute atomic E-state index is 0.0598. The van der Waals surface area contributed by atoms with E-state index in [2.05, 4.69) is 4.98 Å². The topological polar surface area (TPSA) is 99.1 Å². The summed E-state index contributed by atoms with van der Waals surface area (Å²) in [7, 11) is -1.62. The van der Waals surface area contributed by atoms with Gasteiger partial charge < -0.3 is 5.73 Å². The van der Waals surface area contributed by atoms with Gasteiger partial charge >= 0.3 is 0 Å². The highest BCUT2D eigenvalue weighted by Gasteiger charge is 2.18. The smallest absolute Gasteiger partial charge is 0.273 e. The molecule has 1 atom stereocenters. The Morgan fingerprint density at radius 1 is 1.40 bits per heavy atom. The molecular formula is C12H10FN3O3S. The molecule has 0 saturated carbocycles. The molecule has 2 aromatic rings. The largest absolute Gasteiger partial charge is 0.396 e. The lowest BCUT2D eigenvalue weighted by molar-refractivity contribution is -0.385. The van der Waals surface area contributed by atoms with E-state index in [1.54, 1.807) is 0 Å². The Kier molecular flexibility index (Phi) is 4.04. The van der Waals surface area contributed by atoms with Crippen molar-refractivity contribution < 1.29 is 13.5 Å². The number of nitro benzene ring substituents is 1. The summed E-state index contributed by atoms with van der Waals surface area (Å²) in [6, 6.07) is 4.52. The molecule has 0 aliphatic rings. The number of nitro groups is 1. The predicted octanol–water partition coefficient (Wildman–Crippen LogP) is 2.02. The Labute approximate surface area is 116 Å². The Bertz CT molecular complexity index is 693. The molecule has 104 valence electrons. The summed E-state index contributed by atoms with van der Waals surface area (Å²) in [5.74, 6) is -0.812. The van der Waals surface area contributed by atoms with E-state index >= 15 is 0 Å². The van der Waals surface area contributed by atoms with Crippen molar-refractivity contribution in [3.63, 3.8) is 0 Å². The fourth-order valence-corrected chi connectivity index (χ4v) is 2.87. The van der Waals surface area contributed by atoms with Crippen LogP contribution < -0.4 is 5.73 Å². The normalized spacial score (nSPS) is 12.1. The fraction of sp³-hybridized carbons (Fsp3) is 0.0833. The van der Waals surface area contributed by atoms with Crippen molar-refractivity contribution in [1.29, 1.82) is 0 Å². The maximum absolute atomic E-state index is 13.2. The summed E-state index contributed by atoms with van der Waals surface area (Å²) < 4.78 is 25.4. The van der Waals surface area contributed by atoms with Crippen molar-refractivity contribution in [3.05, 3.63) is 58.2 Å². The number of aromatic nitrogens is 1. The summed E-state index contributed by atoms with van der Waals surface area (Å²) in [5.41, 5.74) is 5.65. The molecule has 1 aromatic carbocycles. The first kappa shape index (κ1) is 14.1. The molecule has 0 bridgehead atoms. The number of nitrogens with zero attached hydrogens (tertiary/aromatic N) is 2. The average molecular weight is 295 g/mol. The van der Waals surface area contributed by atoms with E-state index in [0.29, 0.717) is 4.90 Å². The van der Waals surface area contributed by atoms with E-state index in [9.17, 15) is 18.7 Å². The lowest BCUT2D eigenvalue weighted by Crippen LogP contribution is -2.04. The van der Waals surface area contributed by atoms with Crippen molar-refractivity contribution in [2.75, 3.05) is 5.73 Å². The molecule has 2 rings (SSSR count). The zero-order valence-electron chi connectivity index (χ0n) is 10.2. The van der Waals surface area contributed by atoms with Crippen molar-refractivity contribution in [1.82, 2.24) is 4.98 Å². The van der Waals surface area contributed by atoms with Gasteiger partial charge in [0.15, 0.2) is 0 Å². The van der Waals surface area contributed by atoms with Crippen LogP contribution in [0.3, 0.4) is 0 Å². The van der Waals surface area contributed by atoms with Crippen molar-refractivity contribution in [2.24, 2.45) is 0 Å². The third-order valence-corrected chi connectivity index (χ3v) is 4.02. The van der Waals surface area contributed by atoms with Crippen molar-refractivity contribution >= 4 is 22.2 Å². The minimum Gasteiger partial charge on any atom is -0.396 e. The van der Waals surface area contributed by atoms with E-state index in [4.69, 9.17) is 5.73 Å². The molecule has 1 aromatic heterocycles. The number of benzene rings is 1. The highest BCUT2D eigenvalue weighted by Crippen LogP contribution is 2.24. The van der Waals surface area contributed by atoms with Gasteiger partial charge in [0.25, 0.3) is 5.69 Å². The van der Waals surface area contributed by atoms with E-state index in [1.807, 2.05) is 0 Å². The molecule has 2 N–H and O–H groups in total. The van der Waals surface area contributed by atoms with Gasteiger partial charge in [0.2, 0.25) is 0 Å². The maximum Gasteiger partial charge on any atom is 0.273 e. The lowest BCUT2D eigenvalue weighted by atomic mass is 10.2. The van der Waals surface area contributed by atoms with Gasteiger partial charge in [-0.3, -0.25) is 19.3 Å². The standard InChI is InChI=1S/C12H10FN3O3S/c13-9-1-2-11(16(17)18)8(5-9)7-20(19)12-3-4-15-6-10(12)14/h1-6H,7,14H2. The maximum atomic E-state index is 13.2. The van der Waals surface area contributed by atoms with Crippen LogP contribution >= 0.6 is 0 Å². The zero-order chi connectivity index (χ0) is 14.7. The van der Waals surface area contributed by atoms with Crippen LogP contribution in [0.25, 0.3) is 0 Å². The van der Waals surface area contributed by atoms with Gasteiger partial charge in [0.1, 0.15) is 5.82 Å². The fourth-order valence-electron chi connectivity index (χ4n) is 1.67. The molecule has 0 spiro atoms. The van der Waals surface area contributed by atoms with E-state index < -0.39 is 21.5 Å². The van der Waals surface area contributed by atoms with Gasteiger partial charge in [-0.25, -0.2) is 4.39 Å². The molecule has 0 fully saturated rings. The summed E-state index contributed by atoms with van der Waals surface area (Å²) in [4.78, 5) is 14.3. The Morgan fingerprint density at radius 3 is 2.80 bits per heavy atom. The summed E-state index contributed by atoms with van der Waals surface area (Å²) >= 11 is 0. The third kappa shape index (κ3) is 2.97. The van der Waals surface area contributed by atoms with Crippen LogP contribution in [0.5, 0.6) is 0 Å². The number of halogens is 1. The van der Waals surface area contributed by atoms with Gasteiger partial charge in [-0.1, -0.05) is 0 Å². The first-order valence-electron chi connectivity index (χ1n) is 5.49. The SMILES string of the molecule is Nc1cnccc1S(=O)Cc1cc(F)ccc1[N+](=O)[O-]. The zero-order valence-corrected chi connectivity index (χ0v) is 11.0. The van der Waals surface area contributed by atoms with Crippen LogP contribution in [0, 0.1) is 15.9 Å². The first-order valence-corrected chi connectivity index (χ1v) is 6.81. The summed E-state index contributed by atoms with van der Waals surface area (Å²) in [6.07, 6.45) is 2.76. The molecular weight excluding hydrogens is 285 g/mol. The van der Waals surface area contributed by atoms with E-state index in [-0.39, 0.29) is 22.7 Å². The number of nitrogen functional groups attached to an aromatic ring is 1. The first-order chi connectivity index (χ1) is 9.49. The van der Waals surface area contributed by atoms with E-state index in [0.717, 1.165) is 18.2 Å². The van der Waals surface area contributed by atoms with Gasteiger partial charge in [0.05, 0.1) is 38.3 Å². The minimum atomic E-state index is -1.62. The third-order valence-electron chi connectivity index (χ3n) is 2.58. The van der Waals surface area contributed by atoms with Gasteiger partial charge in [-0.05, 0) is 18.2 Å². The Morgan fingerprint density at radius 2 is 2.15 bits per heavy atom. The average Bonchev–Trinajstić information content (AvgIpc) is 2.38. The second-order valence-electron chi connectivity index (χ2n) is 3.93. The molecule has 8 heteroatoms. The summed E-state index contributed by atoms with van der Waals surface area (Å²) in [5, 5.41) is 10.9. The highest BCUT2D eigenvalue weighted by molar-refractivity contribution is 7.84. The number of anilines is 1. The quantitative estimate of drug-likeness (QED) is 0.687. The molecule has 1 unspecified atom stereocenters. The molecule has 0 aliphatic heterocycles. The highest BCUT2D eigenvalue weighted by atomic mass is 32.2. The molecule has 20 heavy (non-hydrogen) atoms.